The predicted octanol–water partition coefficient (Wildman–Crippen LogP) is 3.73. The average molecular weight is 452 g/mol. The zero-order valence-corrected chi connectivity index (χ0v) is 18.4. The number of hydrogen-bond acceptors (Lipinski definition) is 6. The van der Waals surface area contributed by atoms with Crippen LogP contribution in [0.5, 0.6) is 0 Å². The maximum absolute atomic E-state index is 12.8. The number of nitrogens with zero attached hydrogens (tertiary/aromatic N) is 3. The van der Waals surface area contributed by atoms with Gasteiger partial charge < -0.3 is 20.6 Å². The van der Waals surface area contributed by atoms with E-state index in [4.69, 9.17) is 16.7 Å². The number of aromatic nitrogens is 2. The van der Waals surface area contributed by atoms with Gasteiger partial charge in [-0.05, 0) is 55.3 Å². The van der Waals surface area contributed by atoms with Gasteiger partial charge in [-0.1, -0.05) is 23.7 Å². The lowest BCUT2D eigenvalue weighted by atomic mass is 10.0. The van der Waals surface area contributed by atoms with Gasteiger partial charge in [-0.25, -0.2) is 9.97 Å². The summed E-state index contributed by atoms with van der Waals surface area (Å²) in [5.41, 5.74) is 3.22. The normalized spacial score (nSPS) is 14.4. The highest BCUT2D eigenvalue weighted by atomic mass is 35.5. The summed E-state index contributed by atoms with van der Waals surface area (Å²) < 4.78 is 0. The van der Waals surface area contributed by atoms with E-state index in [1.54, 1.807) is 6.20 Å². The molecule has 0 atom stereocenters. The minimum Gasteiger partial charge on any atom is -0.395 e. The fourth-order valence-electron chi connectivity index (χ4n) is 3.76. The number of carbonyl (C=O) groups excluding carboxylic acids is 1. The Morgan fingerprint density at radius 3 is 2.47 bits per heavy atom. The van der Waals surface area contributed by atoms with Gasteiger partial charge >= 0.3 is 0 Å². The van der Waals surface area contributed by atoms with E-state index in [-0.39, 0.29) is 12.5 Å². The van der Waals surface area contributed by atoms with Crippen molar-refractivity contribution < 1.29 is 9.90 Å². The lowest BCUT2D eigenvalue weighted by Gasteiger charge is -2.32. The second-order valence-corrected chi connectivity index (χ2v) is 8.16. The van der Waals surface area contributed by atoms with Crippen LogP contribution in [0.3, 0.4) is 0 Å². The molecule has 3 N–H and O–H groups in total. The van der Waals surface area contributed by atoms with Gasteiger partial charge in [0.05, 0.1) is 12.3 Å². The number of halogens is 1. The molecule has 1 aliphatic rings. The Hall–Kier alpha value is -3.00. The van der Waals surface area contributed by atoms with Crippen molar-refractivity contribution in [3.8, 4) is 11.3 Å². The molecule has 1 aromatic heterocycles. The molecule has 1 saturated heterocycles. The van der Waals surface area contributed by atoms with Crippen LogP contribution in [0.25, 0.3) is 11.3 Å². The van der Waals surface area contributed by atoms with Crippen molar-refractivity contribution in [3.05, 3.63) is 71.4 Å². The number of likely N-dealkylation sites (tertiary alicyclic amines) is 1. The number of aliphatic hydroxyl groups excluding tert-OH is 1. The minimum atomic E-state index is 0.0399. The molecule has 1 amide bonds. The first-order chi connectivity index (χ1) is 15.6. The summed E-state index contributed by atoms with van der Waals surface area (Å²) in [6.45, 7) is 2.16. The summed E-state index contributed by atoms with van der Waals surface area (Å²) in [5.74, 6) is 0.520. The maximum atomic E-state index is 12.8. The number of aliphatic hydroxyl groups is 1. The van der Waals surface area contributed by atoms with E-state index >= 15 is 0 Å². The molecule has 8 heteroatoms. The van der Waals surface area contributed by atoms with Crippen molar-refractivity contribution in [3.63, 3.8) is 0 Å². The van der Waals surface area contributed by atoms with Crippen LogP contribution in [-0.2, 0) is 0 Å². The fraction of sp³-hybridized carbons (Fsp3) is 0.292. The molecule has 32 heavy (non-hydrogen) atoms. The molecule has 4 rings (SSSR count). The van der Waals surface area contributed by atoms with Crippen LogP contribution in [0.15, 0.2) is 60.8 Å². The number of amides is 1. The van der Waals surface area contributed by atoms with Crippen LogP contribution in [-0.4, -0.2) is 58.2 Å². The number of hydrogen-bond donors (Lipinski definition) is 3. The Bertz CT molecular complexity index is 1040. The molecule has 2 aromatic carbocycles. The van der Waals surface area contributed by atoms with Crippen molar-refractivity contribution in [1.82, 2.24) is 20.2 Å². The molecule has 0 radical (unpaired) electrons. The summed E-state index contributed by atoms with van der Waals surface area (Å²) >= 11 is 5.96. The standard InChI is InChI=1S/C24H26ClN5O2/c25-19-5-1-17(2-6-19)22-9-12-27-24(29-22)28-21-7-3-18(4-8-21)23(32)30-14-10-20(11-15-30)26-13-16-31/h1-9,12,20,26,31H,10-11,13-16H2,(H,27,28,29). The Morgan fingerprint density at radius 2 is 1.78 bits per heavy atom. The maximum Gasteiger partial charge on any atom is 0.253 e. The molecule has 3 aromatic rings. The monoisotopic (exact) mass is 451 g/mol. The Morgan fingerprint density at radius 1 is 1.06 bits per heavy atom. The van der Waals surface area contributed by atoms with Crippen LogP contribution in [0.2, 0.25) is 5.02 Å². The van der Waals surface area contributed by atoms with E-state index in [1.807, 2.05) is 59.5 Å². The summed E-state index contributed by atoms with van der Waals surface area (Å²) in [7, 11) is 0. The molecule has 1 aliphatic heterocycles. The second-order valence-electron chi connectivity index (χ2n) is 7.72. The quantitative estimate of drug-likeness (QED) is 0.507. The lowest BCUT2D eigenvalue weighted by molar-refractivity contribution is 0.0703. The van der Waals surface area contributed by atoms with Gasteiger partial charge in [0.1, 0.15) is 0 Å². The molecule has 166 valence electrons. The summed E-state index contributed by atoms with van der Waals surface area (Å²) in [6.07, 6.45) is 3.50. The molecular formula is C24H26ClN5O2. The van der Waals surface area contributed by atoms with Crippen LogP contribution < -0.4 is 10.6 Å². The van der Waals surface area contributed by atoms with Gasteiger partial charge in [0.2, 0.25) is 5.95 Å². The van der Waals surface area contributed by atoms with E-state index in [1.165, 1.54) is 0 Å². The topological polar surface area (TPSA) is 90.4 Å². The van der Waals surface area contributed by atoms with Crippen molar-refractivity contribution in [2.45, 2.75) is 18.9 Å². The van der Waals surface area contributed by atoms with Gasteiger partial charge in [-0.2, -0.15) is 0 Å². The van der Waals surface area contributed by atoms with E-state index in [2.05, 4.69) is 20.6 Å². The first-order valence-electron chi connectivity index (χ1n) is 10.7. The molecule has 0 saturated carbocycles. The number of rotatable bonds is 7. The number of benzene rings is 2. The van der Waals surface area contributed by atoms with Crippen molar-refractivity contribution in [2.75, 3.05) is 31.6 Å². The van der Waals surface area contributed by atoms with Crippen LogP contribution in [0.4, 0.5) is 11.6 Å². The van der Waals surface area contributed by atoms with Crippen LogP contribution in [0, 0.1) is 0 Å². The third kappa shape index (κ3) is 5.62. The van der Waals surface area contributed by atoms with Crippen molar-refractivity contribution >= 4 is 29.1 Å². The van der Waals surface area contributed by atoms with Crippen molar-refractivity contribution in [1.29, 1.82) is 0 Å². The van der Waals surface area contributed by atoms with Gasteiger partial charge in [0.25, 0.3) is 5.91 Å². The number of anilines is 2. The highest BCUT2D eigenvalue weighted by Gasteiger charge is 2.23. The van der Waals surface area contributed by atoms with E-state index in [0.717, 1.165) is 29.8 Å². The summed E-state index contributed by atoms with van der Waals surface area (Å²) in [5, 5.41) is 16.1. The Labute approximate surface area is 192 Å². The smallest absolute Gasteiger partial charge is 0.253 e. The molecule has 0 aliphatic carbocycles. The highest BCUT2D eigenvalue weighted by Crippen LogP contribution is 2.22. The molecular weight excluding hydrogens is 426 g/mol. The first-order valence-corrected chi connectivity index (χ1v) is 11.1. The van der Waals surface area contributed by atoms with Crippen LogP contribution in [0.1, 0.15) is 23.2 Å². The summed E-state index contributed by atoms with van der Waals surface area (Å²) in [4.78, 5) is 23.6. The number of nitrogens with one attached hydrogen (secondary N) is 2. The third-order valence-electron chi connectivity index (χ3n) is 5.51. The SMILES string of the molecule is O=C(c1ccc(Nc2nccc(-c3ccc(Cl)cc3)n2)cc1)N1CCC(NCCO)CC1. The van der Waals surface area contributed by atoms with Crippen molar-refractivity contribution in [2.24, 2.45) is 0 Å². The van der Waals surface area contributed by atoms with E-state index < -0.39 is 0 Å². The first kappa shape index (κ1) is 22.2. The number of piperidine rings is 1. The van der Waals surface area contributed by atoms with Gasteiger partial charge in [-0.15, -0.1) is 0 Å². The van der Waals surface area contributed by atoms with Gasteiger partial charge in [0, 0.05) is 53.7 Å². The van der Waals surface area contributed by atoms with Crippen LogP contribution >= 0.6 is 11.6 Å². The molecule has 1 fully saturated rings. The zero-order valence-electron chi connectivity index (χ0n) is 17.7. The van der Waals surface area contributed by atoms with Gasteiger partial charge in [0.15, 0.2) is 0 Å². The molecule has 2 heterocycles. The molecule has 0 unspecified atom stereocenters. The van der Waals surface area contributed by atoms with Gasteiger partial charge in [-0.3, -0.25) is 4.79 Å². The zero-order chi connectivity index (χ0) is 22.3. The largest absolute Gasteiger partial charge is 0.395 e. The van der Waals surface area contributed by atoms with E-state index in [9.17, 15) is 4.79 Å². The fourth-order valence-corrected chi connectivity index (χ4v) is 3.89. The minimum absolute atomic E-state index is 0.0399. The molecule has 0 spiro atoms. The Balaban J connectivity index is 1.36. The highest BCUT2D eigenvalue weighted by molar-refractivity contribution is 6.30. The second kappa shape index (κ2) is 10.5. The Kier molecular flexibility index (Phi) is 7.32. The average Bonchev–Trinajstić information content (AvgIpc) is 2.84. The van der Waals surface area contributed by atoms with E-state index in [0.29, 0.717) is 42.2 Å². The number of carbonyl (C=O) groups is 1. The lowest BCUT2D eigenvalue weighted by Crippen LogP contribution is -2.45. The predicted molar refractivity (Wildman–Crippen MR) is 126 cm³/mol. The summed E-state index contributed by atoms with van der Waals surface area (Å²) in [6, 6.07) is 17.1. The third-order valence-corrected chi connectivity index (χ3v) is 5.76. The molecule has 7 nitrogen and oxygen atoms in total. The molecule has 0 bridgehead atoms.